The standard InChI is InChI=1S/C17H16ClN3S/c18-15-6-2-1-4-13(15)7-9-20-12-17-21-11-16(22-17)14-5-3-8-19-10-14/h1-6,8,10-11,20H,7,9,12H2. The molecular formula is C17H16ClN3S. The van der Waals surface area contributed by atoms with Crippen LogP contribution in [0.2, 0.25) is 5.02 Å². The molecule has 2 aromatic heterocycles. The van der Waals surface area contributed by atoms with Crippen LogP contribution >= 0.6 is 22.9 Å². The van der Waals surface area contributed by atoms with Gasteiger partial charge in [0.15, 0.2) is 0 Å². The summed E-state index contributed by atoms with van der Waals surface area (Å²) < 4.78 is 0. The third-order valence-electron chi connectivity index (χ3n) is 3.30. The molecule has 0 amide bonds. The highest BCUT2D eigenvalue weighted by molar-refractivity contribution is 7.15. The van der Waals surface area contributed by atoms with Crippen LogP contribution < -0.4 is 5.32 Å². The van der Waals surface area contributed by atoms with Gasteiger partial charge < -0.3 is 5.32 Å². The topological polar surface area (TPSA) is 37.8 Å². The molecule has 3 nitrogen and oxygen atoms in total. The maximum absolute atomic E-state index is 6.15. The Labute approximate surface area is 139 Å². The number of nitrogens with one attached hydrogen (secondary N) is 1. The van der Waals surface area contributed by atoms with Gasteiger partial charge in [-0.25, -0.2) is 4.98 Å². The smallest absolute Gasteiger partial charge is 0.107 e. The fourth-order valence-electron chi connectivity index (χ4n) is 2.15. The number of pyridine rings is 1. The first-order valence-electron chi connectivity index (χ1n) is 7.12. The molecule has 0 saturated carbocycles. The highest BCUT2D eigenvalue weighted by atomic mass is 35.5. The van der Waals surface area contributed by atoms with E-state index in [-0.39, 0.29) is 0 Å². The van der Waals surface area contributed by atoms with E-state index >= 15 is 0 Å². The Bertz CT molecular complexity index is 728. The summed E-state index contributed by atoms with van der Waals surface area (Å²) in [6, 6.07) is 12.0. The summed E-state index contributed by atoms with van der Waals surface area (Å²) in [7, 11) is 0. The quantitative estimate of drug-likeness (QED) is 0.689. The second kappa shape index (κ2) is 7.49. The lowest BCUT2D eigenvalue weighted by atomic mass is 10.1. The normalized spacial score (nSPS) is 10.8. The first-order chi connectivity index (χ1) is 10.8. The van der Waals surface area contributed by atoms with Crippen molar-refractivity contribution in [1.82, 2.24) is 15.3 Å². The molecule has 0 bridgehead atoms. The first-order valence-corrected chi connectivity index (χ1v) is 8.31. The largest absolute Gasteiger partial charge is 0.310 e. The van der Waals surface area contributed by atoms with Gasteiger partial charge in [0, 0.05) is 35.7 Å². The van der Waals surface area contributed by atoms with Crippen molar-refractivity contribution in [3.63, 3.8) is 0 Å². The number of rotatable bonds is 6. The monoisotopic (exact) mass is 329 g/mol. The van der Waals surface area contributed by atoms with E-state index in [4.69, 9.17) is 11.6 Å². The lowest BCUT2D eigenvalue weighted by Gasteiger charge is -2.04. The predicted molar refractivity (Wildman–Crippen MR) is 92.2 cm³/mol. The molecule has 0 aliphatic carbocycles. The first kappa shape index (κ1) is 15.2. The zero-order valence-corrected chi connectivity index (χ0v) is 13.6. The van der Waals surface area contributed by atoms with Crippen molar-refractivity contribution in [3.05, 3.63) is 70.6 Å². The van der Waals surface area contributed by atoms with E-state index in [1.807, 2.05) is 36.7 Å². The van der Waals surface area contributed by atoms with E-state index in [1.54, 1.807) is 17.5 Å². The molecular weight excluding hydrogens is 314 g/mol. The third kappa shape index (κ3) is 3.91. The van der Waals surface area contributed by atoms with E-state index in [2.05, 4.69) is 27.4 Å². The Morgan fingerprint density at radius 3 is 2.82 bits per heavy atom. The average Bonchev–Trinajstić information content (AvgIpc) is 3.03. The summed E-state index contributed by atoms with van der Waals surface area (Å²) in [6.07, 6.45) is 6.47. The van der Waals surface area contributed by atoms with Gasteiger partial charge in [0.2, 0.25) is 0 Å². The third-order valence-corrected chi connectivity index (χ3v) is 4.72. The molecule has 0 atom stereocenters. The van der Waals surface area contributed by atoms with Crippen LogP contribution in [0.5, 0.6) is 0 Å². The number of thiazole rings is 1. The van der Waals surface area contributed by atoms with Gasteiger partial charge in [-0.15, -0.1) is 11.3 Å². The van der Waals surface area contributed by atoms with Crippen LogP contribution in [0.3, 0.4) is 0 Å². The van der Waals surface area contributed by atoms with Gasteiger partial charge in [0.25, 0.3) is 0 Å². The molecule has 5 heteroatoms. The van der Waals surface area contributed by atoms with Crippen LogP contribution in [0, 0.1) is 0 Å². The van der Waals surface area contributed by atoms with Gasteiger partial charge in [-0.1, -0.05) is 35.9 Å². The highest BCUT2D eigenvalue weighted by Gasteiger charge is 2.04. The van der Waals surface area contributed by atoms with Crippen molar-refractivity contribution in [2.24, 2.45) is 0 Å². The molecule has 22 heavy (non-hydrogen) atoms. The molecule has 3 rings (SSSR count). The molecule has 0 aliphatic rings. The summed E-state index contributed by atoms with van der Waals surface area (Å²) in [6.45, 7) is 1.65. The lowest BCUT2D eigenvalue weighted by molar-refractivity contribution is 0.684. The van der Waals surface area contributed by atoms with Crippen molar-refractivity contribution in [1.29, 1.82) is 0 Å². The maximum Gasteiger partial charge on any atom is 0.107 e. The van der Waals surface area contributed by atoms with E-state index in [9.17, 15) is 0 Å². The van der Waals surface area contributed by atoms with Gasteiger partial charge in [0.05, 0.1) is 4.88 Å². The maximum atomic E-state index is 6.15. The minimum atomic E-state index is 0.773. The fraction of sp³-hybridized carbons (Fsp3) is 0.176. The zero-order chi connectivity index (χ0) is 15.2. The lowest BCUT2D eigenvalue weighted by Crippen LogP contribution is -2.16. The summed E-state index contributed by atoms with van der Waals surface area (Å²) in [5.74, 6) is 0. The van der Waals surface area contributed by atoms with Gasteiger partial charge in [-0.3, -0.25) is 4.98 Å². The van der Waals surface area contributed by atoms with Gasteiger partial charge >= 0.3 is 0 Å². The van der Waals surface area contributed by atoms with Crippen LogP contribution in [-0.2, 0) is 13.0 Å². The summed E-state index contributed by atoms with van der Waals surface area (Å²) in [5, 5.41) is 5.33. The number of hydrogen-bond donors (Lipinski definition) is 1. The van der Waals surface area contributed by atoms with Crippen LogP contribution in [0.25, 0.3) is 10.4 Å². The van der Waals surface area contributed by atoms with Crippen molar-refractivity contribution >= 4 is 22.9 Å². The van der Waals surface area contributed by atoms with Gasteiger partial charge in [-0.2, -0.15) is 0 Å². The number of hydrogen-bond acceptors (Lipinski definition) is 4. The Morgan fingerprint density at radius 1 is 1.09 bits per heavy atom. The Kier molecular flexibility index (Phi) is 5.16. The molecule has 0 aliphatic heterocycles. The highest BCUT2D eigenvalue weighted by Crippen LogP contribution is 2.25. The summed E-state index contributed by atoms with van der Waals surface area (Å²) >= 11 is 7.84. The SMILES string of the molecule is Clc1ccccc1CCNCc1ncc(-c2cccnc2)s1. The van der Waals surface area contributed by atoms with Crippen molar-refractivity contribution in [2.75, 3.05) is 6.54 Å². The summed E-state index contributed by atoms with van der Waals surface area (Å²) in [4.78, 5) is 9.74. The van der Waals surface area contributed by atoms with E-state index in [0.717, 1.165) is 40.0 Å². The van der Waals surface area contributed by atoms with Crippen molar-refractivity contribution in [3.8, 4) is 10.4 Å². The fourth-order valence-corrected chi connectivity index (χ4v) is 3.26. The molecule has 0 radical (unpaired) electrons. The number of benzene rings is 1. The Hall–Kier alpha value is -1.75. The van der Waals surface area contributed by atoms with Gasteiger partial charge in [0.1, 0.15) is 5.01 Å². The van der Waals surface area contributed by atoms with Crippen LogP contribution in [0.15, 0.2) is 55.0 Å². The van der Waals surface area contributed by atoms with Crippen molar-refractivity contribution < 1.29 is 0 Å². The second-order valence-electron chi connectivity index (χ2n) is 4.88. The molecule has 1 aromatic carbocycles. The second-order valence-corrected chi connectivity index (χ2v) is 6.40. The van der Waals surface area contributed by atoms with Crippen LogP contribution in [0.1, 0.15) is 10.6 Å². The van der Waals surface area contributed by atoms with E-state index < -0.39 is 0 Å². The summed E-state index contributed by atoms with van der Waals surface area (Å²) in [5.41, 5.74) is 2.29. The zero-order valence-electron chi connectivity index (χ0n) is 12.0. The molecule has 3 aromatic rings. The average molecular weight is 330 g/mol. The predicted octanol–water partition coefficient (Wildman–Crippen LogP) is 4.19. The van der Waals surface area contributed by atoms with Gasteiger partial charge in [-0.05, 0) is 30.7 Å². The molecule has 0 unspecified atom stereocenters. The molecule has 0 saturated heterocycles. The molecule has 1 N–H and O–H groups in total. The van der Waals surface area contributed by atoms with Crippen LogP contribution in [-0.4, -0.2) is 16.5 Å². The molecule has 0 fully saturated rings. The minimum Gasteiger partial charge on any atom is -0.310 e. The molecule has 0 spiro atoms. The van der Waals surface area contributed by atoms with E-state index in [0.29, 0.717) is 0 Å². The van der Waals surface area contributed by atoms with E-state index in [1.165, 1.54) is 5.56 Å². The van der Waals surface area contributed by atoms with Crippen LogP contribution in [0.4, 0.5) is 0 Å². The van der Waals surface area contributed by atoms with Crippen molar-refractivity contribution in [2.45, 2.75) is 13.0 Å². The number of aromatic nitrogens is 2. The number of halogens is 1. The number of nitrogens with zero attached hydrogens (tertiary/aromatic N) is 2. The Morgan fingerprint density at radius 2 is 2.00 bits per heavy atom. The minimum absolute atomic E-state index is 0.773. The Balaban J connectivity index is 1.51. The molecule has 2 heterocycles. The molecule has 112 valence electrons.